The molecular formula is C14H27NOSi. The van der Waals surface area contributed by atoms with Gasteiger partial charge in [0.05, 0.1) is 20.9 Å². The van der Waals surface area contributed by atoms with Crippen LogP contribution < -0.4 is 5.32 Å². The molecule has 1 aromatic rings. The van der Waals surface area contributed by atoms with Crippen LogP contribution in [0.5, 0.6) is 0 Å². The van der Waals surface area contributed by atoms with E-state index in [1.54, 1.807) is 6.26 Å². The van der Waals surface area contributed by atoms with Crippen molar-refractivity contribution in [3.8, 4) is 0 Å². The van der Waals surface area contributed by atoms with Crippen LogP contribution in [0.15, 0.2) is 22.8 Å². The molecule has 0 amide bonds. The molecule has 0 spiro atoms. The fraction of sp³-hybridized carbons (Fsp3) is 0.714. The van der Waals surface area contributed by atoms with Crippen LogP contribution in [0.3, 0.4) is 0 Å². The van der Waals surface area contributed by atoms with Gasteiger partial charge in [-0.25, -0.2) is 0 Å². The maximum atomic E-state index is 5.29. The zero-order valence-corrected chi connectivity index (χ0v) is 12.6. The number of furan rings is 1. The lowest BCUT2D eigenvalue weighted by molar-refractivity contribution is 0.483. The third-order valence-corrected chi connectivity index (χ3v) is 10.1. The molecule has 0 aliphatic heterocycles. The topological polar surface area (TPSA) is 25.2 Å². The van der Waals surface area contributed by atoms with Crippen LogP contribution in [-0.2, 0) is 6.54 Å². The van der Waals surface area contributed by atoms with Crippen LogP contribution in [0.2, 0.25) is 24.2 Å². The van der Waals surface area contributed by atoms with Crippen molar-refractivity contribution in [1.82, 2.24) is 5.32 Å². The maximum Gasteiger partial charge on any atom is 0.117 e. The predicted molar refractivity (Wildman–Crippen MR) is 77.0 cm³/mol. The van der Waals surface area contributed by atoms with Crippen molar-refractivity contribution in [2.45, 2.75) is 57.9 Å². The molecule has 1 aromatic heterocycles. The van der Waals surface area contributed by atoms with Crippen molar-refractivity contribution in [2.75, 3.05) is 6.54 Å². The molecule has 0 atom stereocenters. The highest BCUT2D eigenvalue weighted by atomic mass is 28.3. The predicted octanol–water partition coefficient (Wildman–Crippen LogP) is 4.27. The molecule has 1 N–H and O–H groups in total. The van der Waals surface area contributed by atoms with Crippen LogP contribution >= 0.6 is 0 Å². The highest BCUT2D eigenvalue weighted by molar-refractivity contribution is 6.79. The summed E-state index contributed by atoms with van der Waals surface area (Å²) < 4.78 is 5.29. The van der Waals surface area contributed by atoms with E-state index in [0.717, 1.165) is 18.8 Å². The van der Waals surface area contributed by atoms with E-state index in [1.807, 2.05) is 12.1 Å². The second-order valence-corrected chi connectivity index (χ2v) is 10.5. The zero-order valence-electron chi connectivity index (χ0n) is 11.6. The fourth-order valence-corrected chi connectivity index (χ4v) is 5.98. The van der Waals surface area contributed by atoms with Gasteiger partial charge in [-0.15, -0.1) is 0 Å². The van der Waals surface area contributed by atoms with E-state index in [-0.39, 0.29) is 0 Å². The Labute approximate surface area is 107 Å². The van der Waals surface area contributed by atoms with Crippen LogP contribution in [-0.4, -0.2) is 14.6 Å². The third kappa shape index (κ3) is 4.68. The fourth-order valence-electron chi connectivity index (χ4n) is 2.49. The molecule has 1 heterocycles. The second-order valence-electron chi connectivity index (χ2n) is 4.92. The van der Waals surface area contributed by atoms with Gasteiger partial charge in [-0.3, -0.25) is 0 Å². The first kappa shape index (κ1) is 14.5. The average Bonchev–Trinajstić information content (AvgIpc) is 2.88. The molecule has 0 radical (unpaired) electrons. The van der Waals surface area contributed by atoms with Gasteiger partial charge in [-0.1, -0.05) is 44.9 Å². The first-order chi connectivity index (χ1) is 8.26. The minimum atomic E-state index is -0.897. The Morgan fingerprint density at radius 1 is 1.18 bits per heavy atom. The SMILES string of the molecule is CC[Si](CC)(CC)CCCNCc1ccco1. The summed E-state index contributed by atoms with van der Waals surface area (Å²) in [6.45, 7) is 9.14. The summed E-state index contributed by atoms with van der Waals surface area (Å²) in [5.41, 5.74) is 0. The van der Waals surface area contributed by atoms with Gasteiger partial charge in [-0.2, -0.15) is 0 Å². The summed E-state index contributed by atoms with van der Waals surface area (Å²) in [5.74, 6) is 1.04. The number of rotatable bonds is 9. The van der Waals surface area contributed by atoms with Gasteiger partial charge in [0.15, 0.2) is 0 Å². The molecule has 2 nitrogen and oxygen atoms in total. The summed E-state index contributed by atoms with van der Waals surface area (Å²) >= 11 is 0. The minimum Gasteiger partial charge on any atom is -0.468 e. The van der Waals surface area contributed by atoms with E-state index in [4.69, 9.17) is 4.42 Å². The lowest BCUT2D eigenvalue weighted by Gasteiger charge is -2.28. The molecule has 1 rings (SSSR count). The normalized spacial score (nSPS) is 11.9. The van der Waals surface area contributed by atoms with E-state index in [0.29, 0.717) is 0 Å². The van der Waals surface area contributed by atoms with Crippen molar-refractivity contribution in [2.24, 2.45) is 0 Å². The molecule has 0 aliphatic carbocycles. The largest absolute Gasteiger partial charge is 0.468 e. The molecule has 0 saturated heterocycles. The Morgan fingerprint density at radius 3 is 2.41 bits per heavy atom. The molecule has 17 heavy (non-hydrogen) atoms. The van der Waals surface area contributed by atoms with Crippen LogP contribution in [0.25, 0.3) is 0 Å². The smallest absolute Gasteiger partial charge is 0.117 e. The van der Waals surface area contributed by atoms with Crippen molar-refractivity contribution >= 4 is 8.07 Å². The average molecular weight is 253 g/mol. The molecule has 0 unspecified atom stereocenters. The van der Waals surface area contributed by atoms with E-state index in [9.17, 15) is 0 Å². The highest BCUT2D eigenvalue weighted by Crippen LogP contribution is 2.26. The Morgan fingerprint density at radius 2 is 1.88 bits per heavy atom. The first-order valence-corrected chi connectivity index (χ1v) is 9.82. The molecule has 98 valence electrons. The second kappa shape index (κ2) is 7.72. The van der Waals surface area contributed by atoms with Crippen molar-refractivity contribution in [3.63, 3.8) is 0 Å². The Balaban J connectivity index is 2.14. The minimum absolute atomic E-state index is 0.867. The van der Waals surface area contributed by atoms with Gasteiger partial charge in [-0.05, 0) is 25.1 Å². The van der Waals surface area contributed by atoms with Gasteiger partial charge in [0.1, 0.15) is 5.76 Å². The highest BCUT2D eigenvalue weighted by Gasteiger charge is 2.25. The summed E-state index contributed by atoms with van der Waals surface area (Å²) in [7, 11) is -0.897. The molecule has 0 aromatic carbocycles. The Bertz CT molecular complexity index is 272. The number of hydrogen-bond acceptors (Lipinski definition) is 2. The molecule has 0 aliphatic rings. The first-order valence-electron chi connectivity index (χ1n) is 6.99. The van der Waals surface area contributed by atoms with Crippen molar-refractivity contribution in [3.05, 3.63) is 24.2 Å². The maximum absolute atomic E-state index is 5.29. The monoisotopic (exact) mass is 253 g/mol. The van der Waals surface area contributed by atoms with Crippen LogP contribution in [0, 0.1) is 0 Å². The third-order valence-electron chi connectivity index (χ3n) is 4.19. The Hall–Kier alpha value is -0.543. The lowest BCUT2D eigenvalue weighted by atomic mass is 10.4. The molecule has 0 saturated carbocycles. The standard InChI is InChI=1S/C14H27NOSi/c1-4-17(5-2,6-3)12-8-10-15-13-14-9-7-11-16-14/h7,9,11,15H,4-6,8,10,12-13H2,1-3H3. The van der Waals surface area contributed by atoms with Crippen LogP contribution in [0.1, 0.15) is 33.0 Å². The van der Waals surface area contributed by atoms with Gasteiger partial charge >= 0.3 is 0 Å². The lowest BCUT2D eigenvalue weighted by Crippen LogP contribution is -2.32. The van der Waals surface area contributed by atoms with Gasteiger partial charge in [0.2, 0.25) is 0 Å². The van der Waals surface area contributed by atoms with E-state index >= 15 is 0 Å². The van der Waals surface area contributed by atoms with Crippen LogP contribution in [0.4, 0.5) is 0 Å². The van der Waals surface area contributed by atoms with E-state index in [2.05, 4.69) is 26.1 Å². The summed E-state index contributed by atoms with van der Waals surface area (Å²) in [6, 6.07) is 9.77. The van der Waals surface area contributed by atoms with E-state index in [1.165, 1.54) is 30.6 Å². The Kier molecular flexibility index (Phi) is 6.59. The number of hydrogen-bond donors (Lipinski definition) is 1. The molecule has 3 heteroatoms. The van der Waals surface area contributed by atoms with Gasteiger partial charge < -0.3 is 9.73 Å². The molecule has 0 bridgehead atoms. The van der Waals surface area contributed by atoms with E-state index < -0.39 is 8.07 Å². The summed E-state index contributed by atoms with van der Waals surface area (Å²) in [6.07, 6.45) is 3.06. The quantitative estimate of drug-likeness (QED) is 0.525. The van der Waals surface area contributed by atoms with Gasteiger partial charge in [0.25, 0.3) is 0 Å². The number of nitrogens with one attached hydrogen (secondary N) is 1. The summed E-state index contributed by atoms with van der Waals surface area (Å²) in [4.78, 5) is 0. The molecule has 0 fully saturated rings. The zero-order chi connectivity index (χ0) is 12.6. The summed E-state index contributed by atoms with van der Waals surface area (Å²) in [5, 5.41) is 3.46. The van der Waals surface area contributed by atoms with Crippen molar-refractivity contribution < 1.29 is 4.42 Å². The van der Waals surface area contributed by atoms with Gasteiger partial charge in [0, 0.05) is 0 Å². The van der Waals surface area contributed by atoms with Crippen molar-refractivity contribution in [1.29, 1.82) is 0 Å². The molecular weight excluding hydrogens is 226 g/mol.